The molecule has 0 N–H and O–H groups in total. The molecule has 0 spiro atoms. The molecule has 118 valence electrons. The lowest BCUT2D eigenvalue weighted by atomic mass is 10.1. The van der Waals surface area contributed by atoms with Crippen molar-refractivity contribution in [2.24, 2.45) is 7.05 Å². The number of aromatic nitrogens is 3. The summed E-state index contributed by atoms with van der Waals surface area (Å²) >= 11 is 0. The van der Waals surface area contributed by atoms with Crippen molar-refractivity contribution >= 4 is 17.0 Å². The zero-order chi connectivity index (χ0) is 16.6. The van der Waals surface area contributed by atoms with Crippen molar-refractivity contribution in [2.45, 2.75) is 13.8 Å². The normalized spacial score (nSPS) is 10.8. The van der Waals surface area contributed by atoms with E-state index < -0.39 is 5.97 Å². The second kappa shape index (κ2) is 5.72. The lowest BCUT2D eigenvalue weighted by Crippen LogP contribution is -2.11. The molecule has 0 atom stereocenters. The number of benzene rings is 1. The fourth-order valence-electron chi connectivity index (χ4n) is 2.59. The Kier molecular flexibility index (Phi) is 3.73. The van der Waals surface area contributed by atoms with Crippen molar-refractivity contribution in [3.8, 4) is 11.5 Å². The second-order valence-electron chi connectivity index (χ2n) is 5.26. The van der Waals surface area contributed by atoms with E-state index in [9.17, 15) is 4.79 Å². The van der Waals surface area contributed by atoms with Crippen molar-refractivity contribution in [3.63, 3.8) is 0 Å². The van der Waals surface area contributed by atoms with Crippen molar-refractivity contribution in [1.82, 2.24) is 14.8 Å². The Morgan fingerprint density at radius 2 is 1.87 bits per heavy atom. The number of para-hydroxylation sites is 2. The van der Waals surface area contributed by atoms with Crippen LogP contribution in [0.25, 0.3) is 11.0 Å². The molecular weight excluding hydrogens is 294 g/mol. The van der Waals surface area contributed by atoms with Crippen LogP contribution in [0.5, 0.6) is 11.5 Å². The van der Waals surface area contributed by atoms with Crippen LogP contribution >= 0.6 is 0 Å². The van der Waals surface area contributed by atoms with E-state index in [2.05, 4.69) is 10.1 Å². The molecule has 0 unspecified atom stereocenters. The molecule has 0 aliphatic heterocycles. The standard InChI is InChI=1S/C17H17N3O3/c1-10-9-12(15-11(2)19-20(3)16(15)18-10)17(21)23-14-8-6-5-7-13(14)22-4/h5-9H,1-4H3. The molecule has 0 aliphatic rings. The third-order valence-electron chi connectivity index (χ3n) is 3.59. The van der Waals surface area contributed by atoms with Gasteiger partial charge in [0.2, 0.25) is 0 Å². The molecule has 1 aromatic carbocycles. The van der Waals surface area contributed by atoms with Crippen LogP contribution in [0.2, 0.25) is 0 Å². The maximum atomic E-state index is 12.7. The Hall–Kier alpha value is -2.89. The number of aryl methyl sites for hydroxylation is 3. The average Bonchev–Trinajstić information content (AvgIpc) is 2.81. The van der Waals surface area contributed by atoms with E-state index in [0.717, 1.165) is 11.4 Å². The predicted octanol–water partition coefficient (Wildman–Crippen LogP) is 2.81. The van der Waals surface area contributed by atoms with Crippen molar-refractivity contribution in [2.75, 3.05) is 7.11 Å². The van der Waals surface area contributed by atoms with Crippen LogP contribution in [0.1, 0.15) is 21.7 Å². The first-order valence-electron chi connectivity index (χ1n) is 7.17. The van der Waals surface area contributed by atoms with Gasteiger partial charge in [-0.3, -0.25) is 4.68 Å². The molecule has 0 bridgehead atoms. The molecule has 3 rings (SSSR count). The highest BCUT2D eigenvalue weighted by Crippen LogP contribution is 2.28. The minimum absolute atomic E-state index is 0.379. The molecule has 23 heavy (non-hydrogen) atoms. The van der Waals surface area contributed by atoms with Crippen LogP contribution in [-0.2, 0) is 7.05 Å². The van der Waals surface area contributed by atoms with Gasteiger partial charge in [0.1, 0.15) is 0 Å². The number of esters is 1. The van der Waals surface area contributed by atoms with Gasteiger partial charge in [0.15, 0.2) is 17.1 Å². The Morgan fingerprint density at radius 3 is 2.57 bits per heavy atom. The summed E-state index contributed by atoms with van der Waals surface area (Å²) in [4.78, 5) is 17.1. The monoisotopic (exact) mass is 311 g/mol. The number of pyridine rings is 1. The first-order chi connectivity index (χ1) is 11.0. The summed E-state index contributed by atoms with van der Waals surface area (Å²) in [6.45, 7) is 3.68. The van der Waals surface area contributed by atoms with Gasteiger partial charge >= 0.3 is 5.97 Å². The maximum absolute atomic E-state index is 12.7. The molecule has 3 aromatic rings. The average molecular weight is 311 g/mol. The van der Waals surface area contributed by atoms with Crippen molar-refractivity contribution in [1.29, 1.82) is 0 Å². The highest BCUT2D eigenvalue weighted by atomic mass is 16.6. The second-order valence-corrected chi connectivity index (χ2v) is 5.26. The smallest absolute Gasteiger partial charge is 0.344 e. The summed E-state index contributed by atoms with van der Waals surface area (Å²) in [5.74, 6) is 0.427. The Bertz CT molecular complexity index is 899. The van der Waals surface area contributed by atoms with Crippen LogP contribution in [0, 0.1) is 13.8 Å². The van der Waals surface area contributed by atoms with Crippen LogP contribution in [0.3, 0.4) is 0 Å². The van der Waals surface area contributed by atoms with Gasteiger partial charge < -0.3 is 9.47 Å². The highest BCUT2D eigenvalue weighted by molar-refractivity contribution is 6.04. The number of ether oxygens (including phenoxy) is 2. The van der Waals surface area contributed by atoms with E-state index in [1.54, 1.807) is 36.0 Å². The molecule has 0 fully saturated rings. The fraction of sp³-hybridized carbons (Fsp3) is 0.235. The summed E-state index contributed by atoms with van der Waals surface area (Å²) in [6.07, 6.45) is 0. The molecular formula is C17H17N3O3. The van der Waals surface area contributed by atoms with Gasteiger partial charge in [-0.05, 0) is 32.0 Å². The number of nitrogens with zero attached hydrogens (tertiary/aromatic N) is 3. The van der Waals surface area contributed by atoms with E-state index in [1.807, 2.05) is 19.9 Å². The predicted molar refractivity (Wildman–Crippen MR) is 85.9 cm³/mol. The quantitative estimate of drug-likeness (QED) is 0.549. The number of carbonyl (C=O) groups is 1. The minimum Gasteiger partial charge on any atom is -0.493 e. The summed E-state index contributed by atoms with van der Waals surface area (Å²) in [7, 11) is 3.34. The van der Waals surface area contributed by atoms with Gasteiger partial charge in [0.05, 0.1) is 23.8 Å². The minimum atomic E-state index is -0.457. The molecule has 0 amide bonds. The molecule has 2 heterocycles. The Morgan fingerprint density at radius 1 is 1.17 bits per heavy atom. The zero-order valence-corrected chi connectivity index (χ0v) is 13.5. The van der Waals surface area contributed by atoms with E-state index >= 15 is 0 Å². The van der Waals surface area contributed by atoms with Gasteiger partial charge in [0.25, 0.3) is 0 Å². The van der Waals surface area contributed by atoms with Crippen LogP contribution in [0.15, 0.2) is 30.3 Å². The van der Waals surface area contributed by atoms with E-state index in [4.69, 9.17) is 9.47 Å². The Balaban J connectivity index is 2.08. The number of methoxy groups -OCH3 is 1. The molecule has 0 saturated heterocycles. The number of hydrogen-bond donors (Lipinski definition) is 0. The summed E-state index contributed by atoms with van der Waals surface area (Å²) < 4.78 is 12.4. The number of fused-ring (bicyclic) bond motifs is 1. The van der Waals surface area contributed by atoms with Gasteiger partial charge in [-0.25, -0.2) is 9.78 Å². The molecule has 6 heteroatoms. The first kappa shape index (κ1) is 15.0. The van der Waals surface area contributed by atoms with Crippen LogP contribution < -0.4 is 9.47 Å². The molecule has 0 radical (unpaired) electrons. The van der Waals surface area contributed by atoms with Crippen LogP contribution in [0.4, 0.5) is 0 Å². The molecule has 2 aromatic heterocycles. The molecule has 0 saturated carbocycles. The van der Waals surface area contributed by atoms with Gasteiger partial charge in [-0.2, -0.15) is 5.10 Å². The Labute approximate surface area is 133 Å². The van der Waals surface area contributed by atoms with Gasteiger partial charge in [0, 0.05) is 12.7 Å². The van der Waals surface area contributed by atoms with E-state index in [0.29, 0.717) is 28.1 Å². The van der Waals surface area contributed by atoms with Crippen molar-refractivity contribution < 1.29 is 14.3 Å². The number of rotatable bonds is 3. The van der Waals surface area contributed by atoms with E-state index in [-0.39, 0.29) is 0 Å². The lowest BCUT2D eigenvalue weighted by molar-refractivity contribution is 0.0731. The maximum Gasteiger partial charge on any atom is 0.344 e. The first-order valence-corrected chi connectivity index (χ1v) is 7.17. The highest BCUT2D eigenvalue weighted by Gasteiger charge is 2.20. The van der Waals surface area contributed by atoms with Crippen molar-refractivity contribution in [3.05, 3.63) is 47.3 Å². The lowest BCUT2D eigenvalue weighted by Gasteiger charge is -2.10. The van der Waals surface area contributed by atoms with Gasteiger partial charge in [-0.1, -0.05) is 12.1 Å². The largest absolute Gasteiger partial charge is 0.493 e. The third kappa shape index (κ3) is 2.63. The fourth-order valence-corrected chi connectivity index (χ4v) is 2.59. The topological polar surface area (TPSA) is 66.2 Å². The number of hydrogen-bond acceptors (Lipinski definition) is 5. The summed E-state index contributed by atoms with van der Waals surface area (Å²) in [5.41, 5.74) is 2.58. The number of carbonyl (C=O) groups excluding carboxylic acids is 1. The molecule has 0 aliphatic carbocycles. The SMILES string of the molecule is COc1ccccc1OC(=O)c1cc(C)nc2c1c(C)nn2C. The third-order valence-corrected chi connectivity index (χ3v) is 3.59. The van der Waals surface area contributed by atoms with Gasteiger partial charge in [-0.15, -0.1) is 0 Å². The van der Waals surface area contributed by atoms with Crippen LogP contribution in [-0.4, -0.2) is 27.8 Å². The van der Waals surface area contributed by atoms with E-state index in [1.165, 1.54) is 7.11 Å². The summed E-state index contributed by atoms with van der Waals surface area (Å²) in [5, 5.41) is 5.04. The molecule has 6 nitrogen and oxygen atoms in total. The summed E-state index contributed by atoms with van der Waals surface area (Å²) in [6, 6.07) is 8.75. The zero-order valence-electron chi connectivity index (χ0n) is 13.5.